The van der Waals surface area contributed by atoms with Crippen molar-refractivity contribution in [1.29, 1.82) is 0 Å². The molecule has 0 bridgehead atoms. The van der Waals surface area contributed by atoms with E-state index in [2.05, 4.69) is 65.8 Å². The number of hydrogen-bond donors (Lipinski definition) is 0. The van der Waals surface area contributed by atoms with Gasteiger partial charge in [0, 0.05) is 0 Å². The molecule has 0 saturated carbocycles. The zero-order valence-electron chi connectivity index (χ0n) is 43.2. The van der Waals surface area contributed by atoms with E-state index in [-0.39, 0.29) is 35.7 Å². The quantitative estimate of drug-likeness (QED) is 0.0146. The van der Waals surface area contributed by atoms with Crippen molar-refractivity contribution in [2.24, 2.45) is 0 Å². The first-order chi connectivity index (χ1) is 33.2. The molecule has 0 spiro atoms. The topological polar surface area (TPSA) is 74.8 Å². The van der Waals surface area contributed by atoms with E-state index >= 15 is 19.2 Å². The minimum absolute atomic E-state index is 0.0994. The van der Waals surface area contributed by atoms with Crippen LogP contribution < -0.4 is 7.16 Å². The van der Waals surface area contributed by atoms with Crippen molar-refractivity contribution in [3.8, 4) is 0 Å². The molecule has 0 saturated heterocycles. The minimum atomic E-state index is -3.77. The Bertz CT molecular complexity index is 2590. The fourth-order valence-corrected chi connectivity index (χ4v) is 29.9. The molecule has 0 radical (unpaired) electrons. The Hall–Kier alpha value is -3.52. The van der Waals surface area contributed by atoms with Crippen molar-refractivity contribution in [3.63, 3.8) is 0 Å². The summed E-state index contributed by atoms with van der Waals surface area (Å²) >= 11 is -3.77. The second kappa shape index (κ2) is 23.1. The number of carbonyl (C=O) groups is 4. The molecule has 8 rings (SSSR count). The molecular formula is C61H84N2O4Sn. The second-order valence-electron chi connectivity index (χ2n) is 21.5. The fourth-order valence-electron chi connectivity index (χ4n) is 13.2. The Kier molecular flexibility index (Phi) is 17.3. The third-order valence-electron chi connectivity index (χ3n) is 16.9. The van der Waals surface area contributed by atoms with Gasteiger partial charge < -0.3 is 0 Å². The summed E-state index contributed by atoms with van der Waals surface area (Å²) in [6.07, 6.45) is 29.5. The molecule has 6 nitrogen and oxygen atoms in total. The van der Waals surface area contributed by atoms with Gasteiger partial charge in [-0.2, -0.15) is 0 Å². The van der Waals surface area contributed by atoms with Crippen molar-refractivity contribution in [2.45, 2.75) is 236 Å². The Morgan fingerprint density at radius 1 is 0.353 bits per heavy atom. The molecule has 5 aromatic carbocycles. The first-order valence-corrected chi connectivity index (χ1v) is 35.2. The van der Waals surface area contributed by atoms with Gasteiger partial charge >= 0.3 is 395 Å². The van der Waals surface area contributed by atoms with Crippen LogP contribution in [0.25, 0.3) is 43.1 Å². The molecule has 0 N–H and O–H groups in total. The summed E-state index contributed by atoms with van der Waals surface area (Å²) in [6, 6.07) is 12.8. The molecule has 1 atom stereocenters. The van der Waals surface area contributed by atoms with Crippen molar-refractivity contribution in [1.82, 2.24) is 9.80 Å². The molecule has 68 heavy (non-hydrogen) atoms. The van der Waals surface area contributed by atoms with Crippen molar-refractivity contribution < 1.29 is 19.2 Å². The third-order valence-corrected chi connectivity index (χ3v) is 31.9. The number of carbonyl (C=O) groups excluding carboxylic acids is 4. The number of amides is 4. The van der Waals surface area contributed by atoms with Crippen LogP contribution in [0.1, 0.15) is 256 Å². The number of rotatable bonds is 31. The van der Waals surface area contributed by atoms with Gasteiger partial charge in [0.05, 0.1) is 0 Å². The molecule has 366 valence electrons. The van der Waals surface area contributed by atoms with Crippen LogP contribution in [0, 0.1) is 0 Å². The van der Waals surface area contributed by atoms with Gasteiger partial charge in [-0.15, -0.1) is 0 Å². The van der Waals surface area contributed by atoms with Crippen molar-refractivity contribution >= 4 is 92.3 Å². The second-order valence-corrected chi connectivity index (χ2v) is 33.6. The van der Waals surface area contributed by atoms with E-state index in [1.165, 1.54) is 82.1 Å². The molecule has 3 aliphatic rings. The summed E-state index contributed by atoms with van der Waals surface area (Å²) in [5.74, 6) is -0.466. The fraction of sp³-hybridized carbons (Fsp3) is 0.607. The summed E-state index contributed by atoms with van der Waals surface area (Å²) in [5.41, 5.74) is 2.77. The molecule has 4 amide bonds. The number of nitrogens with zero attached hydrogens (tertiary/aromatic N) is 2. The van der Waals surface area contributed by atoms with Crippen LogP contribution in [0.15, 0.2) is 36.4 Å². The molecule has 7 heteroatoms. The predicted octanol–water partition coefficient (Wildman–Crippen LogP) is 16.2. The van der Waals surface area contributed by atoms with E-state index in [1.807, 2.05) is 12.1 Å². The molecule has 5 aromatic rings. The van der Waals surface area contributed by atoms with Crippen LogP contribution in [0.4, 0.5) is 0 Å². The van der Waals surface area contributed by atoms with Crippen molar-refractivity contribution in [2.75, 3.05) is 0 Å². The SMILES string of the molecule is CCCCCCCC(CCCCCC)N1C(=O)c2ccc3c4ccc5c6c(c[c]7c(c8[c](cc(c2c38)C1=O)[Sn]7([CH2]CCC)[CH2]CCC)c64)C(=O)N(C(CCCCCCC)CCCCCCC)C5=O. The molecule has 1 unspecified atom stereocenters. The number of fused-ring (bicyclic) bond motifs is 1. The number of benzene rings is 5. The number of hydrogen-bond acceptors (Lipinski definition) is 4. The van der Waals surface area contributed by atoms with Gasteiger partial charge in [-0.25, -0.2) is 0 Å². The van der Waals surface area contributed by atoms with E-state index < -0.39 is 18.4 Å². The molecule has 0 fully saturated rings. The number of imide groups is 2. The zero-order chi connectivity index (χ0) is 48.0. The van der Waals surface area contributed by atoms with Gasteiger partial charge in [-0.1, -0.05) is 20.8 Å². The first-order valence-electron chi connectivity index (χ1n) is 28.3. The van der Waals surface area contributed by atoms with Gasteiger partial charge in [-0.05, 0) is 0 Å². The van der Waals surface area contributed by atoms with Gasteiger partial charge in [0.15, 0.2) is 0 Å². The monoisotopic (exact) mass is 1030 g/mol. The first kappa shape index (κ1) is 50.9. The summed E-state index contributed by atoms with van der Waals surface area (Å²) in [4.78, 5) is 64.8. The maximum absolute atomic E-state index is 15.6. The number of unbranched alkanes of at least 4 members (excludes halogenated alkanes) is 17. The van der Waals surface area contributed by atoms with Gasteiger partial charge in [-0.3, -0.25) is 0 Å². The van der Waals surface area contributed by atoms with Crippen LogP contribution in [0.2, 0.25) is 8.87 Å². The van der Waals surface area contributed by atoms with Crippen molar-refractivity contribution in [3.05, 3.63) is 58.7 Å². The van der Waals surface area contributed by atoms with Crippen LogP contribution in [-0.4, -0.2) is 63.9 Å². The Morgan fingerprint density at radius 3 is 1.00 bits per heavy atom. The maximum atomic E-state index is 15.6. The summed E-state index contributed by atoms with van der Waals surface area (Å²) in [7, 11) is 0. The van der Waals surface area contributed by atoms with Crippen LogP contribution in [-0.2, 0) is 0 Å². The Balaban J connectivity index is 1.31. The standard InChI is InChI=1S/C53H66N2O4.2C4H9.Sn/c1-5-9-13-17-21-25-36(24-20-16-12-8-4)54-50(56)42-32-28-38-40-30-34-44-49-45(35-31-41(47(40)49)39-29-33-43(51(54)57)48(42)46(38)39)53(59)55(52(44)58)37(26-22-18-14-10-6-2)27-23-19-15-11-7-3;2*1-3-4-2;/h28,30,32-37H,5-27H2,1-4H3;2*1,3-4H2,2H3;. The van der Waals surface area contributed by atoms with E-state index in [1.54, 1.807) is 9.80 Å². The summed E-state index contributed by atoms with van der Waals surface area (Å²) in [5, 5.41) is 8.34. The van der Waals surface area contributed by atoms with Crippen LogP contribution >= 0.6 is 0 Å². The zero-order valence-corrected chi connectivity index (χ0v) is 46.0. The predicted molar refractivity (Wildman–Crippen MR) is 290 cm³/mol. The van der Waals surface area contributed by atoms with E-state index in [0.717, 1.165) is 161 Å². The van der Waals surface area contributed by atoms with E-state index in [9.17, 15) is 0 Å². The Labute approximate surface area is 413 Å². The Morgan fingerprint density at radius 2 is 0.662 bits per heavy atom. The molecule has 3 heterocycles. The third kappa shape index (κ3) is 9.28. The van der Waals surface area contributed by atoms with Gasteiger partial charge in [0.25, 0.3) is 0 Å². The summed E-state index contributed by atoms with van der Waals surface area (Å²) < 4.78 is 5.05. The molecular weight excluding hydrogens is 943 g/mol. The van der Waals surface area contributed by atoms with Crippen LogP contribution in [0.3, 0.4) is 0 Å². The van der Waals surface area contributed by atoms with Gasteiger partial charge in [0.1, 0.15) is 0 Å². The van der Waals surface area contributed by atoms with E-state index in [4.69, 9.17) is 0 Å². The van der Waals surface area contributed by atoms with Gasteiger partial charge in [0.2, 0.25) is 0 Å². The molecule has 0 aliphatic carbocycles. The average Bonchev–Trinajstić information content (AvgIpc) is 3.62. The molecule has 3 aliphatic heterocycles. The average molecular weight is 1030 g/mol. The van der Waals surface area contributed by atoms with Crippen LogP contribution in [0.5, 0.6) is 0 Å². The summed E-state index contributed by atoms with van der Waals surface area (Å²) in [6.45, 7) is 13.6. The molecule has 0 aromatic heterocycles. The normalized spacial score (nSPS) is 15.7. The van der Waals surface area contributed by atoms with E-state index in [0.29, 0.717) is 11.1 Å².